The molecule has 0 saturated carbocycles. The van der Waals surface area contributed by atoms with Crippen LogP contribution in [-0.4, -0.2) is 12.5 Å². The van der Waals surface area contributed by atoms with Crippen LogP contribution in [0.15, 0.2) is 41.8 Å². The van der Waals surface area contributed by atoms with Crippen molar-refractivity contribution in [2.45, 2.75) is 13.0 Å². The fourth-order valence-corrected chi connectivity index (χ4v) is 2.25. The quantitative estimate of drug-likeness (QED) is 0.842. The number of hydrogen-bond acceptors (Lipinski definition) is 4. The van der Waals surface area contributed by atoms with Crippen LogP contribution in [0.4, 0.5) is 0 Å². The molecule has 94 valence electrons. The van der Waals surface area contributed by atoms with Crippen molar-refractivity contribution < 1.29 is 9.53 Å². The van der Waals surface area contributed by atoms with E-state index in [1.54, 1.807) is 17.4 Å². The Morgan fingerprint density at radius 3 is 2.89 bits per heavy atom. The molecule has 0 atom stereocenters. The third kappa shape index (κ3) is 3.42. The standard InChI is InChI=1S/C14H15NO2S/c15-7-6-11-3-1-4-12(9-11)14(16)17-10-13-5-2-8-18-13/h1-5,8-9H,6-7,10,15H2. The lowest BCUT2D eigenvalue weighted by Gasteiger charge is -2.05. The average Bonchev–Trinajstić information content (AvgIpc) is 2.90. The lowest BCUT2D eigenvalue weighted by atomic mass is 10.1. The van der Waals surface area contributed by atoms with Gasteiger partial charge in [-0.2, -0.15) is 0 Å². The molecule has 0 unspecified atom stereocenters. The molecule has 1 heterocycles. The van der Waals surface area contributed by atoms with Crippen LogP contribution < -0.4 is 5.73 Å². The molecule has 0 amide bonds. The Kier molecular flexibility index (Phi) is 4.50. The maximum absolute atomic E-state index is 11.8. The van der Waals surface area contributed by atoms with Crippen LogP contribution in [0.1, 0.15) is 20.8 Å². The van der Waals surface area contributed by atoms with Gasteiger partial charge in [-0.3, -0.25) is 0 Å². The second-order valence-electron chi connectivity index (χ2n) is 3.89. The second-order valence-corrected chi connectivity index (χ2v) is 4.93. The number of ether oxygens (including phenoxy) is 1. The van der Waals surface area contributed by atoms with Gasteiger partial charge in [0, 0.05) is 4.88 Å². The van der Waals surface area contributed by atoms with Crippen LogP contribution in [-0.2, 0) is 17.8 Å². The fraction of sp³-hybridized carbons (Fsp3) is 0.214. The first kappa shape index (κ1) is 12.8. The molecule has 18 heavy (non-hydrogen) atoms. The summed E-state index contributed by atoms with van der Waals surface area (Å²) >= 11 is 1.58. The molecular weight excluding hydrogens is 246 g/mol. The second kappa shape index (κ2) is 6.33. The first-order chi connectivity index (χ1) is 8.79. The summed E-state index contributed by atoms with van der Waals surface area (Å²) in [6.07, 6.45) is 0.770. The van der Waals surface area contributed by atoms with Crippen molar-refractivity contribution in [3.05, 3.63) is 57.8 Å². The molecule has 1 aromatic carbocycles. The van der Waals surface area contributed by atoms with Crippen LogP contribution in [0.2, 0.25) is 0 Å². The highest BCUT2D eigenvalue weighted by atomic mass is 32.1. The smallest absolute Gasteiger partial charge is 0.338 e. The van der Waals surface area contributed by atoms with Crippen LogP contribution in [0, 0.1) is 0 Å². The third-order valence-electron chi connectivity index (χ3n) is 2.52. The minimum Gasteiger partial charge on any atom is -0.456 e. The van der Waals surface area contributed by atoms with Crippen molar-refractivity contribution in [3.8, 4) is 0 Å². The predicted octanol–water partition coefficient (Wildman–Crippen LogP) is 2.61. The van der Waals surface area contributed by atoms with Gasteiger partial charge in [-0.25, -0.2) is 4.79 Å². The molecule has 0 aliphatic carbocycles. The van der Waals surface area contributed by atoms with Gasteiger partial charge < -0.3 is 10.5 Å². The van der Waals surface area contributed by atoms with Gasteiger partial charge in [0.25, 0.3) is 0 Å². The van der Waals surface area contributed by atoms with Crippen molar-refractivity contribution >= 4 is 17.3 Å². The van der Waals surface area contributed by atoms with Crippen LogP contribution in [0.25, 0.3) is 0 Å². The van der Waals surface area contributed by atoms with Gasteiger partial charge in [-0.1, -0.05) is 18.2 Å². The molecule has 0 bridgehead atoms. The molecule has 2 aromatic rings. The fourth-order valence-electron chi connectivity index (χ4n) is 1.64. The topological polar surface area (TPSA) is 52.3 Å². The Labute approximate surface area is 110 Å². The lowest BCUT2D eigenvalue weighted by Crippen LogP contribution is -2.07. The summed E-state index contributed by atoms with van der Waals surface area (Å²) in [6, 6.07) is 11.3. The number of nitrogens with two attached hydrogens (primary N) is 1. The highest BCUT2D eigenvalue weighted by Gasteiger charge is 2.08. The molecule has 0 aliphatic rings. The van der Waals surface area contributed by atoms with Crippen molar-refractivity contribution in [1.29, 1.82) is 0 Å². The molecule has 1 aromatic heterocycles. The van der Waals surface area contributed by atoms with Gasteiger partial charge in [-0.15, -0.1) is 11.3 Å². The molecule has 0 spiro atoms. The summed E-state index contributed by atoms with van der Waals surface area (Å²) < 4.78 is 5.25. The Morgan fingerprint density at radius 2 is 2.17 bits per heavy atom. The Balaban J connectivity index is 1.97. The molecule has 0 aliphatic heterocycles. The third-order valence-corrected chi connectivity index (χ3v) is 3.37. The zero-order chi connectivity index (χ0) is 12.8. The van der Waals surface area contributed by atoms with E-state index < -0.39 is 0 Å². The summed E-state index contributed by atoms with van der Waals surface area (Å²) in [5, 5.41) is 1.96. The number of hydrogen-bond donors (Lipinski definition) is 1. The van der Waals surface area contributed by atoms with Crippen LogP contribution in [0.5, 0.6) is 0 Å². The minimum atomic E-state index is -0.290. The van der Waals surface area contributed by atoms with E-state index in [2.05, 4.69) is 0 Å². The number of rotatable bonds is 5. The van der Waals surface area contributed by atoms with E-state index in [-0.39, 0.29) is 5.97 Å². The molecule has 0 radical (unpaired) electrons. The van der Waals surface area contributed by atoms with Crippen molar-refractivity contribution in [2.75, 3.05) is 6.54 Å². The van der Waals surface area contributed by atoms with E-state index in [1.165, 1.54) is 0 Å². The number of thiophene rings is 1. The van der Waals surface area contributed by atoms with E-state index in [9.17, 15) is 4.79 Å². The summed E-state index contributed by atoms with van der Waals surface area (Å²) in [7, 11) is 0. The number of esters is 1. The maximum atomic E-state index is 11.8. The molecule has 3 nitrogen and oxygen atoms in total. The van der Waals surface area contributed by atoms with Gasteiger partial charge in [0.2, 0.25) is 0 Å². The SMILES string of the molecule is NCCc1cccc(C(=O)OCc2cccs2)c1. The van der Waals surface area contributed by atoms with Gasteiger partial charge in [0.05, 0.1) is 5.56 Å². The van der Waals surface area contributed by atoms with Gasteiger partial charge in [0.15, 0.2) is 0 Å². The lowest BCUT2D eigenvalue weighted by molar-refractivity contribution is 0.0476. The zero-order valence-corrected chi connectivity index (χ0v) is 10.8. The number of carbonyl (C=O) groups is 1. The molecular formula is C14H15NO2S. The molecule has 2 N–H and O–H groups in total. The molecule has 4 heteroatoms. The Bertz CT molecular complexity index is 508. The highest BCUT2D eigenvalue weighted by Crippen LogP contribution is 2.12. The largest absolute Gasteiger partial charge is 0.456 e. The van der Waals surface area contributed by atoms with E-state index in [0.29, 0.717) is 18.7 Å². The average molecular weight is 261 g/mol. The van der Waals surface area contributed by atoms with Crippen molar-refractivity contribution in [1.82, 2.24) is 0 Å². The van der Waals surface area contributed by atoms with Gasteiger partial charge in [0.1, 0.15) is 6.61 Å². The first-order valence-corrected chi connectivity index (χ1v) is 6.66. The van der Waals surface area contributed by atoms with Crippen molar-refractivity contribution in [3.63, 3.8) is 0 Å². The Morgan fingerprint density at radius 1 is 1.28 bits per heavy atom. The van der Waals surface area contributed by atoms with Crippen LogP contribution >= 0.6 is 11.3 Å². The van der Waals surface area contributed by atoms with Crippen molar-refractivity contribution in [2.24, 2.45) is 5.73 Å². The summed E-state index contributed by atoms with van der Waals surface area (Å²) in [6.45, 7) is 0.908. The molecule has 2 rings (SSSR count). The Hall–Kier alpha value is -1.65. The zero-order valence-electron chi connectivity index (χ0n) is 9.96. The van der Waals surface area contributed by atoms with E-state index in [0.717, 1.165) is 16.9 Å². The number of carbonyl (C=O) groups excluding carboxylic acids is 1. The van der Waals surface area contributed by atoms with E-state index >= 15 is 0 Å². The molecule has 0 saturated heterocycles. The van der Waals surface area contributed by atoms with E-state index in [4.69, 9.17) is 10.5 Å². The van der Waals surface area contributed by atoms with E-state index in [1.807, 2.05) is 35.7 Å². The maximum Gasteiger partial charge on any atom is 0.338 e. The summed E-state index contributed by atoms with van der Waals surface area (Å²) in [5.41, 5.74) is 7.13. The summed E-state index contributed by atoms with van der Waals surface area (Å²) in [4.78, 5) is 12.9. The van der Waals surface area contributed by atoms with Gasteiger partial charge in [-0.05, 0) is 42.1 Å². The first-order valence-electron chi connectivity index (χ1n) is 5.78. The normalized spacial score (nSPS) is 10.3. The predicted molar refractivity (Wildman–Crippen MR) is 72.6 cm³/mol. The monoisotopic (exact) mass is 261 g/mol. The highest BCUT2D eigenvalue weighted by molar-refractivity contribution is 7.09. The minimum absolute atomic E-state index is 0.290. The van der Waals surface area contributed by atoms with Gasteiger partial charge >= 0.3 is 5.97 Å². The number of benzene rings is 1. The molecule has 0 fully saturated rings. The summed E-state index contributed by atoms with van der Waals surface area (Å²) in [5.74, 6) is -0.290. The van der Waals surface area contributed by atoms with Crippen LogP contribution in [0.3, 0.4) is 0 Å².